The number of hydrogen-bond acceptors (Lipinski definition) is 12. The van der Waals surface area contributed by atoms with Crippen molar-refractivity contribution >= 4 is 46.1 Å². The zero-order chi connectivity index (χ0) is 35.4. The quantitative estimate of drug-likeness (QED) is 0.0418. The van der Waals surface area contributed by atoms with Gasteiger partial charge in [-0.1, -0.05) is 6.58 Å². The Kier molecular flexibility index (Phi) is 15.0. The number of benzene rings is 4. The highest BCUT2D eigenvalue weighted by molar-refractivity contribution is 5.81. The summed E-state index contributed by atoms with van der Waals surface area (Å²) in [6.07, 6.45) is 4.18. The van der Waals surface area contributed by atoms with Crippen LogP contribution in [-0.4, -0.2) is 38.4 Å². The van der Waals surface area contributed by atoms with Crippen LogP contribution in [0, 0.1) is 6.92 Å². The van der Waals surface area contributed by atoms with E-state index in [2.05, 4.69) is 37.3 Å². The van der Waals surface area contributed by atoms with E-state index in [1.54, 1.807) is 0 Å². The Hall–Kier alpha value is -6.04. The third kappa shape index (κ3) is 13.6. The molecule has 0 unspecified atom stereocenters. The maximum atomic E-state index is 11.0. The van der Waals surface area contributed by atoms with Crippen molar-refractivity contribution in [1.82, 2.24) is 0 Å². The van der Waals surface area contributed by atoms with Crippen LogP contribution < -0.4 is 9.47 Å². The van der Waals surface area contributed by atoms with E-state index in [1.165, 1.54) is 6.92 Å². The number of aryl methyl sites for hydroxylation is 1. The van der Waals surface area contributed by atoms with Crippen molar-refractivity contribution in [3.05, 3.63) is 109 Å². The molecular formula is C38H40N6O6. The Morgan fingerprint density at radius 3 is 1.42 bits per heavy atom. The highest BCUT2D eigenvalue weighted by Crippen LogP contribution is 2.29. The Morgan fingerprint density at radius 1 is 0.560 bits per heavy atom. The third-order valence-electron chi connectivity index (χ3n) is 6.87. The average Bonchev–Trinajstić information content (AvgIpc) is 3.13. The van der Waals surface area contributed by atoms with E-state index in [0.29, 0.717) is 61.3 Å². The van der Waals surface area contributed by atoms with Gasteiger partial charge in [0.2, 0.25) is 0 Å². The first kappa shape index (κ1) is 36.8. The van der Waals surface area contributed by atoms with E-state index in [0.717, 1.165) is 48.1 Å². The van der Waals surface area contributed by atoms with E-state index in [9.17, 15) is 9.59 Å². The molecule has 0 spiro atoms. The number of hydrogen-bond donors (Lipinski definition) is 0. The molecule has 0 bridgehead atoms. The summed E-state index contributed by atoms with van der Waals surface area (Å²) in [5, 5.41) is 26.0. The van der Waals surface area contributed by atoms with E-state index in [4.69, 9.17) is 18.9 Å². The maximum absolute atomic E-state index is 11.0. The summed E-state index contributed by atoms with van der Waals surface area (Å²) in [6, 6.07) is 27.6. The molecule has 0 atom stereocenters. The SMILES string of the molecule is C=CC(=O)OCCCCOc1ccc(/N=N/c2ccc(/N=N/c3ccc(/N=N/c4ccc(OCCCCOC(C)=O)cc4)cc3C)cc2)cc1. The molecule has 12 heteroatoms. The molecule has 0 heterocycles. The third-order valence-corrected chi connectivity index (χ3v) is 6.87. The molecule has 4 aromatic rings. The van der Waals surface area contributed by atoms with Gasteiger partial charge in [-0.2, -0.15) is 30.7 Å². The number of carbonyl (C=O) groups is 2. The molecular weight excluding hydrogens is 636 g/mol. The van der Waals surface area contributed by atoms with Crippen molar-refractivity contribution in [3.8, 4) is 11.5 Å². The van der Waals surface area contributed by atoms with Crippen molar-refractivity contribution in [2.45, 2.75) is 39.5 Å². The van der Waals surface area contributed by atoms with Crippen LogP contribution in [0.15, 0.2) is 134 Å². The van der Waals surface area contributed by atoms with Crippen molar-refractivity contribution in [3.63, 3.8) is 0 Å². The second kappa shape index (κ2) is 20.4. The van der Waals surface area contributed by atoms with Crippen molar-refractivity contribution in [2.75, 3.05) is 26.4 Å². The van der Waals surface area contributed by atoms with Crippen LogP contribution in [-0.2, 0) is 19.1 Å². The van der Waals surface area contributed by atoms with Gasteiger partial charge in [0, 0.05) is 13.0 Å². The van der Waals surface area contributed by atoms with Gasteiger partial charge in [-0.05, 0) is 129 Å². The maximum Gasteiger partial charge on any atom is 0.330 e. The van der Waals surface area contributed by atoms with Crippen LogP contribution >= 0.6 is 0 Å². The number of esters is 2. The van der Waals surface area contributed by atoms with Crippen LogP contribution in [0.5, 0.6) is 11.5 Å². The lowest BCUT2D eigenvalue weighted by Gasteiger charge is -2.06. The molecule has 4 rings (SSSR count). The van der Waals surface area contributed by atoms with E-state index >= 15 is 0 Å². The number of azo groups is 3. The van der Waals surface area contributed by atoms with Crippen LogP contribution in [0.1, 0.15) is 38.2 Å². The monoisotopic (exact) mass is 676 g/mol. The molecule has 0 aliphatic rings. The predicted octanol–water partition coefficient (Wildman–Crippen LogP) is 10.9. The van der Waals surface area contributed by atoms with Crippen LogP contribution in [0.25, 0.3) is 0 Å². The van der Waals surface area contributed by atoms with E-state index < -0.39 is 5.97 Å². The van der Waals surface area contributed by atoms with Gasteiger partial charge in [-0.25, -0.2) is 4.79 Å². The van der Waals surface area contributed by atoms with Gasteiger partial charge in [-0.15, -0.1) is 0 Å². The van der Waals surface area contributed by atoms with Crippen molar-refractivity contribution in [2.24, 2.45) is 30.7 Å². The first-order valence-corrected chi connectivity index (χ1v) is 16.2. The van der Waals surface area contributed by atoms with Gasteiger partial charge >= 0.3 is 11.9 Å². The van der Waals surface area contributed by atoms with Gasteiger partial charge < -0.3 is 18.9 Å². The molecule has 0 aliphatic carbocycles. The minimum Gasteiger partial charge on any atom is -0.494 e. The molecule has 0 saturated carbocycles. The largest absolute Gasteiger partial charge is 0.494 e. The fraction of sp³-hybridized carbons (Fsp3) is 0.263. The first-order valence-electron chi connectivity index (χ1n) is 16.2. The van der Waals surface area contributed by atoms with Gasteiger partial charge in [0.05, 0.1) is 60.6 Å². The molecule has 12 nitrogen and oxygen atoms in total. The predicted molar refractivity (Wildman–Crippen MR) is 190 cm³/mol. The summed E-state index contributed by atoms with van der Waals surface area (Å²) < 4.78 is 21.3. The minimum absolute atomic E-state index is 0.268. The fourth-order valence-electron chi connectivity index (χ4n) is 4.20. The summed E-state index contributed by atoms with van der Waals surface area (Å²) in [6.45, 7) is 8.52. The molecule has 0 aromatic heterocycles. The van der Waals surface area contributed by atoms with Gasteiger partial charge in [0.25, 0.3) is 0 Å². The molecule has 0 radical (unpaired) electrons. The number of rotatable bonds is 19. The lowest BCUT2D eigenvalue weighted by Crippen LogP contribution is -2.04. The smallest absolute Gasteiger partial charge is 0.330 e. The standard InChI is InChI=1S/C38H40N6O6/c1-4-38(46)50-26-8-7-25-49-35-18-13-32(14-19-35)40-39-30-9-11-31(12-10-30)42-44-37-22-17-34(27-28(37)2)43-41-33-15-20-36(21-16-33)48-24-6-5-23-47-29(3)45/h4,9-22,27H,1,5-8,23-26H2,2-3H3/b40-39+,43-41+,44-42+. The van der Waals surface area contributed by atoms with Gasteiger partial charge in [0.15, 0.2) is 0 Å². The topological polar surface area (TPSA) is 145 Å². The Morgan fingerprint density at radius 2 is 0.960 bits per heavy atom. The molecule has 258 valence electrons. The van der Waals surface area contributed by atoms with Crippen LogP contribution in [0.3, 0.4) is 0 Å². The zero-order valence-corrected chi connectivity index (χ0v) is 28.2. The Balaban J connectivity index is 1.19. The first-order chi connectivity index (χ1) is 24.4. The van der Waals surface area contributed by atoms with Crippen LogP contribution in [0.4, 0.5) is 34.1 Å². The molecule has 0 N–H and O–H groups in total. The number of ether oxygens (including phenoxy) is 4. The van der Waals surface area contributed by atoms with Gasteiger partial charge in [0.1, 0.15) is 11.5 Å². The normalized spacial score (nSPS) is 11.2. The lowest BCUT2D eigenvalue weighted by atomic mass is 10.2. The molecule has 0 saturated heterocycles. The van der Waals surface area contributed by atoms with Crippen LogP contribution in [0.2, 0.25) is 0 Å². The lowest BCUT2D eigenvalue weighted by molar-refractivity contribution is -0.141. The Bertz CT molecular complexity index is 1770. The zero-order valence-electron chi connectivity index (χ0n) is 28.2. The second-order valence-corrected chi connectivity index (χ2v) is 10.9. The average molecular weight is 677 g/mol. The molecule has 0 fully saturated rings. The molecule has 4 aromatic carbocycles. The van der Waals surface area contributed by atoms with Crippen molar-refractivity contribution in [1.29, 1.82) is 0 Å². The minimum atomic E-state index is -0.415. The number of unbranched alkanes of at least 4 members (excludes halogenated alkanes) is 2. The summed E-state index contributed by atoms with van der Waals surface area (Å²) in [5.74, 6) is 0.787. The highest BCUT2D eigenvalue weighted by atomic mass is 16.5. The fourth-order valence-corrected chi connectivity index (χ4v) is 4.20. The van der Waals surface area contributed by atoms with E-state index in [-0.39, 0.29) is 5.97 Å². The summed E-state index contributed by atoms with van der Waals surface area (Å²) in [7, 11) is 0. The van der Waals surface area contributed by atoms with E-state index in [1.807, 2.05) is 97.9 Å². The summed E-state index contributed by atoms with van der Waals surface area (Å²) in [5.41, 5.74) is 5.10. The second-order valence-electron chi connectivity index (χ2n) is 10.9. The molecule has 50 heavy (non-hydrogen) atoms. The molecule has 0 aliphatic heterocycles. The van der Waals surface area contributed by atoms with Gasteiger partial charge in [-0.3, -0.25) is 4.79 Å². The molecule has 0 amide bonds. The highest BCUT2D eigenvalue weighted by Gasteiger charge is 2.02. The summed E-state index contributed by atoms with van der Waals surface area (Å²) in [4.78, 5) is 21.8. The number of carbonyl (C=O) groups excluding carboxylic acids is 2. The summed E-state index contributed by atoms with van der Waals surface area (Å²) >= 11 is 0. The Labute approximate surface area is 291 Å². The van der Waals surface area contributed by atoms with Crippen molar-refractivity contribution < 1.29 is 28.5 Å². The number of nitrogens with zero attached hydrogens (tertiary/aromatic N) is 6.